The number of hydrogen-bond acceptors (Lipinski definition) is 4. The van der Waals surface area contributed by atoms with Gasteiger partial charge in [0.15, 0.2) is 0 Å². The zero-order valence-electron chi connectivity index (χ0n) is 15.1. The molecule has 0 radical (unpaired) electrons. The second-order valence-electron chi connectivity index (χ2n) is 6.73. The van der Waals surface area contributed by atoms with Crippen molar-refractivity contribution in [2.24, 2.45) is 11.1 Å². The predicted molar refractivity (Wildman–Crippen MR) is 101 cm³/mol. The number of alkyl halides is 2. The van der Waals surface area contributed by atoms with Crippen LogP contribution in [0, 0.1) is 5.92 Å². The lowest BCUT2D eigenvalue weighted by Gasteiger charge is -2.14. The minimum Gasteiger partial charge on any atom is -0.434 e. The van der Waals surface area contributed by atoms with Crippen LogP contribution in [-0.2, 0) is 16.6 Å². The first kappa shape index (κ1) is 20.0. The fraction of sp³-hybridized carbons (Fsp3) is 0.278. The Balaban J connectivity index is 2.27. The molecule has 2 aromatic carbocycles. The Morgan fingerprint density at radius 3 is 2.54 bits per heavy atom. The van der Waals surface area contributed by atoms with Gasteiger partial charge in [0.05, 0.1) is 15.8 Å². The summed E-state index contributed by atoms with van der Waals surface area (Å²) in [5.74, 6) is -0.0704. The number of nitrogens with two attached hydrogens (primary N) is 1. The first-order valence-electron chi connectivity index (χ1n) is 8.41. The molecule has 0 bridgehead atoms. The number of rotatable bonds is 6. The van der Waals surface area contributed by atoms with E-state index in [1.54, 1.807) is 10.7 Å². The molecule has 0 saturated heterocycles. The highest BCUT2D eigenvalue weighted by atomic mass is 32.2. The summed E-state index contributed by atoms with van der Waals surface area (Å²) in [6, 6.07) is 8.26. The number of halogens is 2. The summed E-state index contributed by atoms with van der Waals surface area (Å²) >= 11 is 0. The predicted octanol–water partition coefficient (Wildman–Crippen LogP) is 2.90. The molecule has 7 nitrogen and oxygen atoms in total. The number of benzene rings is 2. The Morgan fingerprint density at radius 1 is 1.21 bits per heavy atom. The Labute approximate surface area is 159 Å². The molecule has 0 spiro atoms. The lowest BCUT2D eigenvalue weighted by atomic mass is 10.0. The zero-order valence-corrected chi connectivity index (χ0v) is 16.0. The topological polar surface area (TPSA) is 107 Å². The van der Waals surface area contributed by atoms with E-state index in [4.69, 9.17) is 5.14 Å². The van der Waals surface area contributed by atoms with Gasteiger partial charge in [0, 0.05) is 12.1 Å². The number of aromatic nitrogens is 2. The second-order valence-corrected chi connectivity index (χ2v) is 8.26. The van der Waals surface area contributed by atoms with Crippen LogP contribution >= 0.6 is 0 Å². The van der Waals surface area contributed by atoms with E-state index < -0.39 is 16.6 Å². The molecule has 3 N–H and O–H groups in total. The Bertz CT molecular complexity index is 1180. The number of primary sulfonamides is 1. The molecule has 0 aliphatic carbocycles. The van der Waals surface area contributed by atoms with Crippen LogP contribution in [0.25, 0.3) is 22.0 Å². The highest BCUT2D eigenvalue weighted by molar-refractivity contribution is 7.89. The zero-order chi connectivity index (χ0) is 20.6. The molecule has 150 valence electrons. The normalized spacial score (nSPS) is 12.2. The van der Waals surface area contributed by atoms with Gasteiger partial charge in [-0.1, -0.05) is 26.0 Å². The van der Waals surface area contributed by atoms with Crippen molar-refractivity contribution in [2.45, 2.75) is 31.9 Å². The molecule has 0 aliphatic heterocycles. The highest BCUT2D eigenvalue weighted by Crippen LogP contribution is 2.37. The second kappa shape index (κ2) is 7.36. The maximum Gasteiger partial charge on any atom is 0.387 e. The summed E-state index contributed by atoms with van der Waals surface area (Å²) in [7, 11) is -4.23. The van der Waals surface area contributed by atoms with Crippen molar-refractivity contribution < 1.29 is 21.9 Å². The number of nitrogens with one attached hydrogen (secondary N) is 1. The Hall–Kier alpha value is -2.72. The molecule has 28 heavy (non-hydrogen) atoms. The van der Waals surface area contributed by atoms with Gasteiger partial charge < -0.3 is 4.74 Å². The molecule has 3 rings (SSSR count). The first-order chi connectivity index (χ1) is 13.1. The fourth-order valence-corrected chi connectivity index (χ4v) is 3.86. The number of ether oxygens (including phenoxy) is 1. The van der Waals surface area contributed by atoms with Crippen LogP contribution in [0.2, 0.25) is 0 Å². The molecule has 1 aromatic heterocycles. The molecule has 0 fully saturated rings. The van der Waals surface area contributed by atoms with E-state index in [-0.39, 0.29) is 33.2 Å². The van der Waals surface area contributed by atoms with Gasteiger partial charge in [-0.25, -0.2) is 13.6 Å². The molecule has 0 amide bonds. The van der Waals surface area contributed by atoms with Crippen molar-refractivity contribution in [1.82, 2.24) is 9.78 Å². The minimum absolute atomic E-state index is 0.122. The maximum atomic E-state index is 12.8. The van der Waals surface area contributed by atoms with E-state index >= 15 is 0 Å². The van der Waals surface area contributed by atoms with Crippen LogP contribution in [0.3, 0.4) is 0 Å². The summed E-state index contributed by atoms with van der Waals surface area (Å²) in [6.45, 7) is 1.41. The SMILES string of the molecule is CC(C)Cn1[nH]c(=O)c2cc(-c3c(OC(F)F)cccc3S(N)(=O)=O)ccc21. The van der Waals surface area contributed by atoms with E-state index in [0.29, 0.717) is 17.4 Å². The molecule has 1 heterocycles. The molecular formula is C18H19F2N3O4S. The minimum atomic E-state index is -4.23. The average molecular weight is 411 g/mol. The number of nitrogens with zero attached hydrogens (tertiary/aromatic N) is 1. The van der Waals surface area contributed by atoms with Gasteiger partial charge in [0.1, 0.15) is 5.75 Å². The van der Waals surface area contributed by atoms with Crippen molar-refractivity contribution in [3.05, 3.63) is 46.8 Å². The number of aromatic amines is 1. The summed E-state index contributed by atoms with van der Waals surface area (Å²) in [5.41, 5.74) is 0.345. The molecule has 0 saturated carbocycles. The van der Waals surface area contributed by atoms with E-state index in [1.165, 1.54) is 30.3 Å². The standard InChI is InChI=1S/C18H19F2N3O4S/c1-10(2)9-23-13-7-6-11(8-12(13)17(24)22-23)16-14(27-18(19)20)4-3-5-15(16)28(21,25)26/h3-8,10,18H,9H2,1-2H3,(H,22,24)(H2,21,25,26). The van der Waals surface area contributed by atoms with Gasteiger partial charge in [0.2, 0.25) is 10.0 Å². The van der Waals surface area contributed by atoms with Crippen molar-refractivity contribution in [2.75, 3.05) is 0 Å². The van der Waals surface area contributed by atoms with Gasteiger partial charge in [-0.15, -0.1) is 0 Å². The third-order valence-electron chi connectivity index (χ3n) is 4.12. The van der Waals surface area contributed by atoms with Crippen molar-refractivity contribution >= 4 is 20.9 Å². The third kappa shape index (κ3) is 3.92. The maximum absolute atomic E-state index is 12.8. The lowest BCUT2D eigenvalue weighted by Crippen LogP contribution is -2.14. The van der Waals surface area contributed by atoms with Crippen LogP contribution in [-0.4, -0.2) is 24.8 Å². The highest BCUT2D eigenvalue weighted by Gasteiger charge is 2.22. The third-order valence-corrected chi connectivity index (χ3v) is 5.07. The van der Waals surface area contributed by atoms with Crippen LogP contribution in [0.5, 0.6) is 5.75 Å². The summed E-state index contributed by atoms with van der Waals surface area (Å²) in [4.78, 5) is 12.0. The van der Waals surface area contributed by atoms with Crippen LogP contribution in [0.4, 0.5) is 8.78 Å². The van der Waals surface area contributed by atoms with Crippen molar-refractivity contribution in [3.63, 3.8) is 0 Å². The van der Waals surface area contributed by atoms with Gasteiger partial charge in [-0.05, 0) is 35.7 Å². The van der Waals surface area contributed by atoms with E-state index in [2.05, 4.69) is 9.84 Å². The van der Waals surface area contributed by atoms with Crippen LogP contribution < -0.4 is 15.4 Å². The Morgan fingerprint density at radius 2 is 1.93 bits per heavy atom. The van der Waals surface area contributed by atoms with Crippen LogP contribution in [0.15, 0.2) is 46.1 Å². The summed E-state index contributed by atoms with van der Waals surface area (Å²) in [5, 5.41) is 8.27. The molecule has 0 aliphatic rings. The van der Waals surface area contributed by atoms with Gasteiger partial charge in [-0.2, -0.15) is 8.78 Å². The molecule has 10 heteroatoms. The first-order valence-corrected chi connectivity index (χ1v) is 9.96. The lowest BCUT2D eigenvalue weighted by molar-refractivity contribution is -0.0495. The van der Waals surface area contributed by atoms with Crippen molar-refractivity contribution in [1.29, 1.82) is 0 Å². The number of sulfonamides is 1. The smallest absolute Gasteiger partial charge is 0.387 e. The quantitative estimate of drug-likeness (QED) is 0.650. The van der Waals surface area contributed by atoms with E-state index in [1.807, 2.05) is 13.8 Å². The molecule has 3 aromatic rings. The van der Waals surface area contributed by atoms with Crippen molar-refractivity contribution in [3.8, 4) is 16.9 Å². The van der Waals surface area contributed by atoms with E-state index in [9.17, 15) is 22.0 Å². The Kier molecular flexibility index (Phi) is 5.26. The summed E-state index contributed by atoms with van der Waals surface area (Å²) < 4.78 is 55.8. The molecular weight excluding hydrogens is 392 g/mol. The average Bonchev–Trinajstić information content (AvgIpc) is 2.88. The molecule has 0 atom stereocenters. The largest absolute Gasteiger partial charge is 0.434 e. The number of fused-ring (bicyclic) bond motifs is 1. The van der Waals surface area contributed by atoms with Gasteiger partial charge in [-0.3, -0.25) is 14.6 Å². The van der Waals surface area contributed by atoms with Gasteiger partial charge in [0.25, 0.3) is 5.56 Å². The van der Waals surface area contributed by atoms with Crippen LogP contribution in [0.1, 0.15) is 13.8 Å². The van der Waals surface area contributed by atoms with Gasteiger partial charge >= 0.3 is 6.61 Å². The molecule has 0 unspecified atom stereocenters. The monoisotopic (exact) mass is 411 g/mol. The summed E-state index contributed by atoms with van der Waals surface area (Å²) in [6.07, 6.45) is 0. The number of hydrogen-bond donors (Lipinski definition) is 2. The number of H-pyrrole nitrogens is 1. The fourth-order valence-electron chi connectivity index (χ4n) is 3.09. The van der Waals surface area contributed by atoms with E-state index in [0.717, 1.165) is 0 Å².